The maximum atomic E-state index is 12.4. The van der Waals surface area contributed by atoms with E-state index in [1.807, 2.05) is 72.8 Å². The second-order valence-corrected chi connectivity index (χ2v) is 14.0. The number of nitro groups is 1. The van der Waals surface area contributed by atoms with Crippen molar-refractivity contribution in [3.63, 3.8) is 0 Å². The lowest BCUT2D eigenvalue weighted by Crippen LogP contribution is -2.49. The Balaban J connectivity index is 1.11. The van der Waals surface area contributed by atoms with Crippen molar-refractivity contribution in [2.45, 2.75) is 70.2 Å². The van der Waals surface area contributed by atoms with Crippen LogP contribution in [0, 0.1) is 10.1 Å². The average Bonchev–Trinajstić information content (AvgIpc) is 3.20. The van der Waals surface area contributed by atoms with E-state index in [1.165, 1.54) is 0 Å². The summed E-state index contributed by atoms with van der Waals surface area (Å²) in [7, 11) is 0. The Labute approximate surface area is 315 Å². The predicted octanol–water partition coefficient (Wildman–Crippen LogP) is 6.77. The Morgan fingerprint density at radius 1 is 0.796 bits per heavy atom. The van der Waals surface area contributed by atoms with Crippen molar-refractivity contribution in [1.82, 2.24) is 10.2 Å². The zero-order valence-electron chi connectivity index (χ0n) is 30.3. The van der Waals surface area contributed by atoms with Crippen LogP contribution in [0.4, 0.5) is 11.4 Å². The minimum Gasteiger partial charge on any atom is -0.481 e. The zero-order valence-corrected chi connectivity index (χ0v) is 30.3. The molecule has 2 aliphatic rings. The number of aliphatic hydroxyl groups excluding tert-OH is 1. The molecule has 3 atom stereocenters. The van der Waals surface area contributed by atoms with Crippen molar-refractivity contribution < 1.29 is 34.2 Å². The number of nitrogens with one attached hydrogen (secondary N) is 1. The molecule has 2 fully saturated rings. The van der Waals surface area contributed by atoms with Gasteiger partial charge in [-0.2, -0.15) is 0 Å². The summed E-state index contributed by atoms with van der Waals surface area (Å²) < 4.78 is 13.4. The Morgan fingerprint density at radius 3 is 2.20 bits per heavy atom. The summed E-state index contributed by atoms with van der Waals surface area (Å²) in [6.45, 7) is 4.37. The van der Waals surface area contributed by atoms with Crippen molar-refractivity contribution in [1.29, 1.82) is 0 Å². The Bertz CT molecular complexity index is 1860. The molecule has 0 aromatic heterocycles. The molecule has 284 valence electrons. The summed E-state index contributed by atoms with van der Waals surface area (Å²) in [5.41, 5.74) is 6.81. The lowest BCUT2D eigenvalue weighted by molar-refractivity contribution is -0.384. The molecule has 0 spiro atoms. The molecule has 12 heteroatoms. The van der Waals surface area contributed by atoms with Gasteiger partial charge in [-0.3, -0.25) is 24.6 Å². The largest absolute Gasteiger partial charge is 0.481 e. The maximum Gasteiger partial charge on any atom is 0.303 e. The minimum absolute atomic E-state index is 0.0252. The second-order valence-electron chi connectivity index (χ2n) is 14.0. The molecule has 0 aliphatic carbocycles. The highest BCUT2D eigenvalue weighted by Gasteiger charge is 2.34. The minimum atomic E-state index is -0.812. The van der Waals surface area contributed by atoms with Gasteiger partial charge in [-0.25, -0.2) is 0 Å². The number of piperazine rings is 1. The van der Waals surface area contributed by atoms with Gasteiger partial charge in [0.1, 0.15) is 0 Å². The third-order valence-corrected chi connectivity index (χ3v) is 10.1. The number of carbonyl (C=O) groups is 2. The molecule has 2 heterocycles. The smallest absolute Gasteiger partial charge is 0.303 e. The van der Waals surface area contributed by atoms with Gasteiger partial charge in [0.2, 0.25) is 5.91 Å². The quantitative estimate of drug-likeness (QED) is 0.0638. The van der Waals surface area contributed by atoms with Gasteiger partial charge in [-0.15, -0.1) is 0 Å². The molecule has 0 radical (unpaired) electrons. The predicted molar refractivity (Wildman–Crippen MR) is 205 cm³/mol. The molecular weight excluding hydrogens is 688 g/mol. The molecule has 3 N–H and O–H groups in total. The fraction of sp³-hybridized carbons (Fsp3) is 0.381. The molecule has 12 nitrogen and oxygen atoms in total. The topological polar surface area (TPSA) is 155 Å². The van der Waals surface area contributed by atoms with Crippen molar-refractivity contribution in [2.24, 2.45) is 0 Å². The number of nitro benzene ring substituents is 1. The van der Waals surface area contributed by atoms with E-state index in [0.717, 1.165) is 71.8 Å². The third kappa shape index (κ3) is 10.7. The number of carbonyl (C=O) groups excluding carboxylic acids is 1. The van der Waals surface area contributed by atoms with Crippen LogP contribution in [0.2, 0.25) is 0 Å². The van der Waals surface area contributed by atoms with E-state index >= 15 is 0 Å². The van der Waals surface area contributed by atoms with Crippen LogP contribution < -0.4 is 10.2 Å². The normalized spacial score (nSPS) is 19.0. The second kappa shape index (κ2) is 18.8. The van der Waals surface area contributed by atoms with E-state index < -0.39 is 12.3 Å². The fourth-order valence-corrected chi connectivity index (χ4v) is 7.05. The van der Waals surface area contributed by atoms with Crippen LogP contribution >= 0.6 is 0 Å². The summed E-state index contributed by atoms with van der Waals surface area (Å²) in [6.07, 6.45) is 2.19. The van der Waals surface area contributed by atoms with E-state index in [4.69, 9.17) is 14.6 Å². The van der Waals surface area contributed by atoms with Gasteiger partial charge in [-0.1, -0.05) is 67.1 Å². The van der Waals surface area contributed by atoms with Crippen molar-refractivity contribution in [3.8, 4) is 11.1 Å². The number of aliphatic carboxylic acids is 1. The zero-order chi connectivity index (χ0) is 37.9. The summed E-state index contributed by atoms with van der Waals surface area (Å²) in [5, 5.41) is 32.5. The van der Waals surface area contributed by atoms with E-state index in [-0.39, 0.29) is 41.8 Å². The van der Waals surface area contributed by atoms with Gasteiger partial charge >= 0.3 is 5.97 Å². The lowest BCUT2D eigenvalue weighted by Gasteiger charge is -2.41. The van der Waals surface area contributed by atoms with Crippen LogP contribution in [-0.2, 0) is 32.2 Å². The number of nitrogens with zero attached hydrogens (tertiary/aromatic N) is 3. The number of aliphatic hydroxyl groups is 1. The molecule has 2 aliphatic heterocycles. The number of unbranched alkanes of at least 4 members (excludes halogenated alkanes) is 2. The number of benzene rings is 4. The van der Waals surface area contributed by atoms with Crippen LogP contribution in [0.15, 0.2) is 97.1 Å². The number of carboxylic acids is 1. The first-order valence-electron chi connectivity index (χ1n) is 18.6. The van der Waals surface area contributed by atoms with Gasteiger partial charge in [0, 0.05) is 81.9 Å². The third-order valence-electron chi connectivity index (χ3n) is 10.1. The SMILES string of the molecule is O=C(O)CCCCCC(=O)NCc1cccc(-c2cccc([C@H]3O[C@@H](CN4CCN(c5ccc([N+](=O)[O-])cc5)CC4)C[C@@H](c4ccc(CO)cc4)O3)c2)c1. The van der Waals surface area contributed by atoms with Crippen molar-refractivity contribution in [2.75, 3.05) is 37.6 Å². The summed E-state index contributed by atoms with van der Waals surface area (Å²) in [6, 6.07) is 30.8. The van der Waals surface area contributed by atoms with Crippen molar-refractivity contribution in [3.05, 3.63) is 129 Å². The Kier molecular flexibility index (Phi) is 13.4. The molecule has 4 aromatic rings. The molecule has 0 saturated carbocycles. The molecule has 0 bridgehead atoms. The first-order chi connectivity index (χ1) is 26.2. The van der Waals surface area contributed by atoms with Gasteiger partial charge in [-0.05, 0) is 64.9 Å². The number of ether oxygens (including phenoxy) is 2. The van der Waals surface area contributed by atoms with Gasteiger partial charge < -0.3 is 29.9 Å². The van der Waals surface area contributed by atoms with E-state index in [9.17, 15) is 24.8 Å². The Hall–Kier alpha value is -5.14. The summed E-state index contributed by atoms with van der Waals surface area (Å²) in [4.78, 5) is 38.5. The van der Waals surface area contributed by atoms with E-state index in [2.05, 4.69) is 27.2 Å². The molecular formula is C42H48N4O8. The van der Waals surface area contributed by atoms with Crippen LogP contribution in [0.1, 0.15) is 73.2 Å². The molecule has 4 aromatic carbocycles. The van der Waals surface area contributed by atoms with Gasteiger partial charge in [0.05, 0.1) is 23.7 Å². The Morgan fingerprint density at radius 2 is 1.50 bits per heavy atom. The highest BCUT2D eigenvalue weighted by Crippen LogP contribution is 2.39. The number of carboxylic acid groups (broad SMARTS) is 1. The van der Waals surface area contributed by atoms with E-state index in [0.29, 0.717) is 38.6 Å². The first kappa shape index (κ1) is 38.6. The average molecular weight is 737 g/mol. The number of hydrogen-bond donors (Lipinski definition) is 3. The molecule has 6 rings (SSSR count). The number of hydrogen-bond acceptors (Lipinski definition) is 9. The summed E-state index contributed by atoms with van der Waals surface area (Å²) >= 11 is 0. The van der Waals surface area contributed by atoms with Crippen LogP contribution in [0.25, 0.3) is 11.1 Å². The van der Waals surface area contributed by atoms with Gasteiger partial charge in [0.25, 0.3) is 5.69 Å². The first-order valence-corrected chi connectivity index (χ1v) is 18.6. The van der Waals surface area contributed by atoms with Gasteiger partial charge in [0.15, 0.2) is 6.29 Å². The van der Waals surface area contributed by atoms with Crippen LogP contribution in [0.3, 0.4) is 0 Å². The number of non-ortho nitro benzene ring substituents is 1. The van der Waals surface area contributed by atoms with Crippen LogP contribution in [0.5, 0.6) is 0 Å². The highest BCUT2D eigenvalue weighted by atomic mass is 16.7. The molecule has 2 saturated heterocycles. The number of rotatable bonds is 16. The van der Waals surface area contributed by atoms with Crippen LogP contribution in [-0.4, -0.2) is 70.7 Å². The lowest BCUT2D eigenvalue weighted by atomic mass is 9.98. The standard InChI is InChI=1S/C42H48N4O8/c47-29-30-12-14-32(15-13-30)39-26-38(28-44-20-22-45(23-21-44)36-16-18-37(19-17-36)46(51)52)53-42(54-39)35-9-5-8-34(25-35)33-7-4-6-31(24-33)27-43-40(48)10-2-1-3-11-41(49)50/h4-9,12-19,24-25,38-39,42,47H,1-3,10-11,20-23,26-29H2,(H,43,48)(H,49,50)/t38-,39+,42+/m1/s1. The monoisotopic (exact) mass is 736 g/mol. The van der Waals surface area contributed by atoms with E-state index in [1.54, 1.807) is 12.1 Å². The molecule has 54 heavy (non-hydrogen) atoms. The van der Waals surface area contributed by atoms with Crippen molar-refractivity contribution >= 4 is 23.3 Å². The number of anilines is 1. The molecule has 1 amide bonds. The number of amides is 1. The summed E-state index contributed by atoms with van der Waals surface area (Å²) in [5.74, 6) is -0.863. The fourth-order valence-electron chi connectivity index (χ4n) is 7.05. The highest BCUT2D eigenvalue weighted by molar-refractivity contribution is 5.76. The maximum absolute atomic E-state index is 12.4. The molecule has 0 unspecified atom stereocenters.